The predicted octanol–water partition coefficient (Wildman–Crippen LogP) is 2.88. The maximum atomic E-state index is 12.0. The highest BCUT2D eigenvalue weighted by Crippen LogP contribution is 2.36. The SMILES string of the molecule is COc1ccc(C(=O)NC(=O)COC(=O)/C=C/c2cc(Cl)c(OC)c(OC)c2)cc1. The fourth-order valence-electron chi connectivity index (χ4n) is 2.36. The standard InChI is InChI=1S/C21H20ClNO7/c1-27-15-7-5-14(6-8-15)21(26)23-18(24)12-30-19(25)9-4-13-10-16(22)20(29-3)17(11-13)28-2/h4-11H,12H2,1-3H3,(H,23,24,26)/b9-4+. The van der Waals surface area contributed by atoms with Crippen molar-refractivity contribution in [1.29, 1.82) is 0 Å². The van der Waals surface area contributed by atoms with Crippen molar-refractivity contribution in [2.24, 2.45) is 0 Å². The molecular weight excluding hydrogens is 414 g/mol. The van der Waals surface area contributed by atoms with Crippen LogP contribution in [-0.4, -0.2) is 45.7 Å². The summed E-state index contributed by atoms with van der Waals surface area (Å²) in [4.78, 5) is 35.6. The van der Waals surface area contributed by atoms with Gasteiger partial charge in [-0.3, -0.25) is 14.9 Å². The second-order valence-corrected chi connectivity index (χ2v) is 6.19. The molecule has 0 radical (unpaired) electrons. The van der Waals surface area contributed by atoms with Crippen LogP contribution in [0.25, 0.3) is 6.08 Å². The number of carbonyl (C=O) groups is 3. The first-order chi connectivity index (χ1) is 14.4. The smallest absolute Gasteiger partial charge is 0.331 e. The molecule has 158 valence electrons. The number of methoxy groups -OCH3 is 3. The first-order valence-corrected chi connectivity index (χ1v) is 9.00. The molecule has 2 aromatic rings. The van der Waals surface area contributed by atoms with E-state index >= 15 is 0 Å². The van der Waals surface area contributed by atoms with Crippen LogP contribution in [0, 0.1) is 0 Å². The zero-order chi connectivity index (χ0) is 22.1. The number of nitrogens with one attached hydrogen (secondary N) is 1. The van der Waals surface area contributed by atoms with Gasteiger partial charge in [0.2, 0.25) is 0 Å². The van der Waals surface area contributed by atoms with Crippen LogP contribution in [0.1, 0.15) is 15.9 Å². The number of esters is 1. The number of imide groups is 1. The van der Waals surface area contributed by atoms with Crippen LogP contribution in [0.5, 0.6) is 17.2 Å². The van der Waals surface area contributed by atoms with Crippen molar-refractivity contribution in [2.75, 3.05) is 27.9 Å². The summed E-state index contributed by atoms with van der Waals surface area (Å²) < 4.78 is 20.1. The quantitative estimate of drug-likeness (QED) is 0.504. The van der Waals surface area contributed by atoms with E-state index in [1.165, 1.54) is 39.5 Å². The second-order valence-electron chi connectivity index (χ2n) is 5.79. The summed E-state index contributed by atoms with van der Waals surface area (Å²) in [5.74, 6) is -0.796. The molecule has 0 saturated heterocycles. The Morgan fingerprint density at radius 1 is 1.00 bits per heavy atom. The topological polar surface area (TPSA) is 100 Å². The van der Waals surface area contributed by atoms with Gasteiger partial charge in [-0.05, 0) is 48.0 Å². The molecular formula is C21H20ClNO7. The number of halogens is 1. The van der Waals surface area contributed by atoms with E-state index < -0.39 is 24.4 Å². The summed E-state index contributed by atoms with van der Waals surface area (Å²) in [6, 6.07) is 9.38. The van der Waals surface area contributed by atoms with Crippen molar-refractivity contribution in [2.45, 2.75) is 0 Å². The lowest BCUT2D eigenvalue weighted by Crippen LogP contribution is -2.34. The molecule has 1 N–H and O–H groups in total. The van der Waals surface area contributed by atoms with Crippen LogP contribution in [0.3, 0.4) is 0 Å². The van der Waals surface area contributed by atoms with Crippen molar-refractivity contribution in [3.8, 4) is 17.2 Å². The van der Waals surface area contributed by atoms with Gasteiger partial charge in [-0.25, -0.2) is 4.79 Å². The van der Waals surface area contributed by atoms with Crippen molar-refractivity contribution in [3.05, 3.63) is 58.6 Å². The third-order valence-corrected chi connectivity index (χ3v) is 4.10. The molecule has 0 heterocycles. The Morgan fingerprint density at radius 3 is 2.30 bits per heavy atom. The third kappa shape index (κ3) is 6.25. The van der Waals surface area contributed by atoms with Gasteiger partial charge in [-0.15, -0.1) is 0 Å². The molecule has 0 aromatic heterocycles. The summed E-state index contributed by atoms with van der Waals surface area (Å²) in [5, 5.41) is 2.44. The summed E-state index contributed by atoms with van der Waals surface area (Å²) >= 11 is 6.10. The maximum Gasteiger partial charge on any atom is 0.331 e. The average molecular weight is 434 g/mol. The molecule has 0 saturated carbocycles. The lowest BCUT2D eigenvalue weighted by molar-refractivity contribution is -0.143. The summed E-state index contributed by atoms with van der Waals surface area (Å²) in [7, 11) is 4.42. The number of amides is 2. The first-order valence-electron chi connectivity index (χ1n) is 8.62. The summed E-state index contributed by atoms with van der Waals surface area (Å²) in [6.45, 7) is -0.613. The Balaban J connectivity index is 1.88. The zero-order valence-corrected chi connectivity index (χ0v) is 17.3. The lowest BCUT2D eigenvalue weighted by Gasteiger charge is -2.10. The molecule has 0 fully saturated rings. The molecule has 0 spiro atoms. The van der Waals surface area contributed by atoms with E-state index in [1.54, 1.807) is 24.3 Å². The van der Waals surface area contributed by atoms with Crippen molar-refractivity contribution < 1.29 is 33.3 Å². The van der Waals surface area contributed by atoms with Crippen LogP contribution in [0.4, 0.5) is 0 Å². The highest BCUT2D eigenvalue weighted by atomic mass is 35.5. The largest absolute Gasteiger partial charge is 0.497 e. The Labute approximate surface area is 178 Å². The van der Waals surface area contributed by atoms with Gasteiger partial charge in [0, 0.05) is 11.6 Å². The van der Waals surface area contributed by atoms with Gasteiger partial charge in [-0.1, -0.05) is 11.6 Å². The number of hydrogen-bond acceptors (Lipinski definition) is 7. The molecule has 30 heavy (non-hydrogen) atoms. The fraction of sp³-hybridized carbons (Fsp3) is 0.190. The molecule has 0 aliphatic carbocycles. The average Bonchev–Trinajstić information content (AvgIpc) is 2.75. The van der Waals surface area contributed by atoms with Gasteiger partial charge < -0.3 is 18.9 Å². The van der Waals surface area contributed by atoms with Crippen LogP contribution in [0.2, 0.25) is 5.02 Å². The minimum Gasteiger partial charge on any atom is -0.497 e. The first kappa shape index (κ1) is 22.8. The van der Waals surface area contributed by atoms with Gasteiger partial charge in [0.15, 0.2) is 18.1 Å². The number of hydrogen-bond donors (Lipinski definition) is 1. The van der Waals surface area contributed by atoms with Gasteiger partial charge >= 0.3 is 5.97 Å². The molecule has 0 aliphatic rings. The Hall–Kier alpha value is -3.52. The fourth-order valence-corrected chi connectivity index (χ4v) is 2.66. The molecule has 8 nitrogen and oxygen atoms in total. The van der Waals surface area contributed by atoms with E-state index in [4.69, 9.17) is 30.5 Å². The van der Waals surface area contributed by atoms with E-state index in [2.05, 4.69) is 5.32 Å². The highest BCUT2D eigenvalue weighted by molar-refractivity contribution is 6.32. The van der Waals surface area contributed by atoms with Crippen LogP contribution in [-0.2, 0) is 14.3 Å². The number of rotatable bonds is 8. The van der Waals surface area contributed by atoms with E-state index in [1.807, 2.05) is 0 Å². The Bertz CT molecular complexity index is 955. The molecule has 0 bridgehead atoms. The number of ether oxygens (including phenoxy) is 4. The molecule has 9 heteroatoms. The molecule has 2 aromatic carbocycles. The monoisotopic (exact) mass is 433 g/mol. The number of carbonyl (C=O) groups excluding carboxylic acids is 3. The van der Waals surface area contributed by atoms with Crippen LogP contribution >= 0.6 is 11.6 Å². The van der Waals surface area contributed by atoms with Crippen molar-refractivity contribution in [1.82, 2.24) is 5.32 Å². The van der Waals surface area contributed by atoms with Crippen molar-refractivity contribution >= 4 is 35.5 Å². The normalized spacial score (nSPS) is 10.4. The van der Waals surface area contributed by atoms with E-state index in [0.717, 1.165) is 6.08 Å². The van der Waals surface area contributed by atoms with Gasteiger partial charge in [0.05, 0.1) is 26.4 Å². The van der Waals surface area contributed by atoms with Crippen LogP contribution < -0.4 is 19.5 Å². The second kappa shape index (κ2) is 10.9. The van der Waals surface area contributed by atoms with Crippen LogP contribution in [0.15, 0.2) is 42.5 Å². The zero-order valence-electron chi connectivity index (χ0n) is 16.6. The predicted molar refractivity (Wildman–Crippen MR) is 110 cm³/mol. The molecule has 0 atom stereocenters. The minimum absolute atomic E-state index is 0.265. The summed E-state index contributed by atoms with van der Waals surface area (Å²) in [5.41, 5.74) is 0.828. The Morgan fingerprint density at radius 2 is 1.70 bits per heavy atom. The molecule has 0 aliphatic heterocycles. The van der Waals surface area contributed by atoms with Crippen molar-refractivity contribution in [3.63, 3.8) is 0 Å². The van der Waals surface area contributed by atoms with E-state index in [9.17, 15) is 14.4 Å². The number of benzene rings is 2. The summed E-state index contributed by atoms with van der Waals surface area (Å²) in [6.07, 6.45) is 2.56. The highest BCUT2D eigenvalue weighted by Gasteiger charge is 2.13. The van der Waals surface area contributed by atoms with E-state index in [-0.39, 0.29) is 5.56 Å². The minimum atomic E-state index is -0.770. The van der Waals surface area contributed by atoms with Gasteiger partial charge in [-0.2, -0.15) is 0 Å². The lowest BCUT2D eigenvalue weighted by atomic mass is 10.2. The molecule has 0 unspecified atom stereocenters. The van der Waals surface area contributed by atoms with Gasteiger partial charge in [0.25, 0.3) is 11.8 Å². The maximum absolute atomic E-state index is 12.0. The van der Waals surface area contributed by atoms with E-state index in [0.29, 0.717) is 27.8 Å². The van der Waals surface area contributed by atoms with Gasteiger partial charge in [0.1, 0.15) is 5.75 Å². The Kier molecular flexibility index (Phi) is 8.25. The molecule has 2 rings (SSSR count). The molecule has 2 amide bonds. The third-order valence-electron chi connectivity index (χ3n) is 3.82.